The second-order valence-corrected chi connectivity index (χ2v) is 8.87. The van der Waals surface area contributed by atoms with Crippen LogP contribution >= 0.6 is 11.3 Å². The van der Waals surface area contributed by atoms with E-state index in [1.54, 1.807) is 11.3 Å². The summed E-state index contributed by atoms with van der Waals surface area (Å²) in [6, 6.07) is 1.19. The Labute approximate surface area is 134 Å². The van der Waals surface area contributed by atoms with Crippen molar-refractivity contribution >= 4 is 11.3 Å². The topological polar surface area (TPSA) is 28.2 Å². The van der Waals surface area contributed by atoms with Crippen LogP contribution in [0.15, 0.2) is 5.38 Å². The SMILES string of the molecule is Cc1csc(CN2CC(CC(C)C)NCC2C(C)(C)C)n1. The van der Waals surface area contributed by atoms with Gasteiger partial charge in [0.05, 0.1) is 6.54 Å². The minimum atomic E-state index is 0.294. The van der Waals surface area contributed by atoms with Gasteiger partial charge >= 0.3 is 0 Å². The molecule has 0 saturated carbocycles. The summed E-state index contributed by atoms with van der Waals surface area (Å²) in [5.41, 5.74) is 1.44. The molecular weight excluding hydrogens is 278 g/mol. The Balaban J connectivity index is 2.09. The maximum atomic E-state index is 4.66. The van der Waals surface area contributed by atoms with Gasteiger partial charge in [-0.1, -0.05) is 34.6 Å². The third kappa shape index (κ3) is 4.76. The number of piperazine rings is 1. The van der Waals surface area contributed by atoms with Crippen LogP contribution < -0.4 is 5.32 Å². The molecule has 2 atom stereocenters. The fourth-order valence-electron chi connectivity index (χ4n) is 3.29. The lowest BCUT2D eigenvalue weighted by Crippen LogP contribution is -2.60. The predicted octanol–water partition coefficient (Wildman–Crippen LogP) is 3.69. The molecule has 0 spiro atoms. The number of thiazole rings is 1. The lowest BCUT2D eigenvalue weighted by molar-refractivity contribution is 0.0451. The van der Waals surface area contributed by atoms with Gasteiger partial charge in [-0.2, -0.15) is 0 Å². The normalized spacial score (nSPS) is 24.7. The Kier molecular flexibility index (Phi) is 5.44. The van der Waals surface area contributed by atoms with E-state index in [0.29, 0.717) is 17.5 Å². The van der Waals surface area contributed by atoms with E-state index in [0.717, 1.165) is 31.2 Å². The van der Waals surface area contributed by atoms with Crippen molar-refractivity contribution in [2.75, 3.05) is 13.1 Å². The summed E-state index contributed by atoms with van der Waals surface area (Å²) >= 11 is 1.80. The van der Waals surface area contributed by atoms with Crippen molar-refractivity contribution in [1.29, 1.82) is 0 Å². The van der Waals surface area contributed by atoms with Crippen LogP contribution in [0.25, 0.3) is 0 Å². The predicted molar refractivity (Wildman–Crippen MR) is 91.7 cm³/mol. The molecule has 1 N–H and O–H groups in total. The van der Waals surface area contributed by atoms with E-state index in [4.69, 9.17) is 0 Å². The molecule has 0 bridgehead atoms. The number of hydrogen-bond acceptors (Lipinski definition) is 4. The molecule has 120 valence electrons. The highest BCUT2D eigenvalue weighted by Gasteiger charge is 2.35. The van der Waals surface area contributed by atoms with Crippen LogP contribution in [0.4, 0.5) is 0 Å². The molecule has 21 heavy (non-hydrogen) atoms. The maximum absolute atomic E-state index is 4.66. The Hall–Kier alpha value is -0.450. The fourth-order valence-corrected chi connectivity index (χ4v) is 4.08. The van der Waals surface area contributed by atoms with Crippen LogP contribution in [0.2, 0.25) is 0 Å². The smallest absolute Gasteiger partial charge is 0.107 e. The third-order valence-electron chi connectivity index (χ3n) is 4.26. The number of rotatable bonds is 4. The second-order valence-electron chi connectivity index (χ2n) is 7.93. The first kappa shape index (κ1) is 16.9. The summed E-state index contributed by atoms with van der Waals surface area (Å²) in [7, 11) is 0. The highest BCUT2D eigenvalue weighted by atomic mass is 32.1. The Morgan fingerprint density at radius 2 is 2.14 bits per heavy atom. The van der Waals surface area contributed by atoms with E-state index in [1.807, 2.05) is 0 Å². The monoisotopic (exact) mass is 309 g/mol. The second kappa shape index (κ2) is 6.76. The molecule has 2 rings (SSSR count). The molecular formula is C17H31N3S. The van der Waals surface area contributed by atoms with Gasteiger partial charge in [-0.05, 0) is 24.7 Å². The summed E-state index contributed by atoms with van der Waals surface area (Å²) in [4.78, 5) is 7.32. The molecule has 2 unspecified atom stereocenters. The quantitative estimate of drug-likeness (QED) is 0.919. The average Bonchev–Trinajstić information content (AvgIpc) is 2.72. The van der Waals surface area contributed by atoms with Gasteiger partial charge in [-0.25, -0.2) is 4.98 Å². The van der Waals surface area contributed by atoms with Crippen molar-refractivity contribution in [3.05, 3.63) is 16.1 Å². The van der Waals surface area contributed by atoms with Crippen LogP contribution in [0.3, 0.4) is 0 Å². The average molecular weight is 310 g/mol. The molecule has 3 nitrogen and oxygen atoms in total. The minimum Gasteiger partial charge on any atom is -0.311 e. The van der Waals surface area contributed by atoms with Crippen molar-refractivity contribution < 1.29 is 0 Å². The molecule has 1 aliphatic heterocycles. The fraction of sp³-hybridized carbons (Fsp3) is 0.824. The lowest BCUT2D eigenvalue weighted by Gasteiger charge is -2.46. The highest BCUT2D eigenvalue weighted by molar-refractivity contribution is 7.09. The van der Waals surface area contributed by atoms with Gasteiger partial charge in [0, 0.05) is 36.2 Å². The van der Waals surface area contributed by atoms with Gasteiger partial charge in [0.1, 0.15) is 5.01 Å². The molecule has 0 radical (unpaired) electrons. The number of aromatic nitrogens is 1. The summed E-state index contributed by atoms with van der Waals surface area (Å²) < 4.78 is 0. The molecule has 0 aliphatic carbocycles. The molecule has 1 fully saturated rings. The van der Waals surface area contributed by atoms with Crippen LogP contribution in [0.1, 0.15) is 51.7 Å². The van der Waals surface area contributed by atoms with E-state index in [9.17, 15) is 0 Å². The van der Waals surface area contributed by atoms with Crippen molar-refractivity contribution in [2.45, 2.75) is 66.6 Å². The highest BCUT2D eigenvalue weighted by Crippen LogP contribution is 2.29. The van der Waals surface area contributed by atoms with Crippen molar-refractivity contribution in [2.24, 2.45) is 11.3 Å². The third-order valence-corrected chi connectivity index (χ3v) is 5.21. The van der Waals surface area contributed by atoms with Crippen LogP contribution in [-0.4, -0.2) is 35.1 Å². The van der Waals surface area contributed by atoms with E-state index in [2.05, 4.69) is 62.1 Å². The van der Waals surface area contributed by atoms with Gasteiger partial charge in [0.15, 0.2) is 0 Å². The van der Waals surface area contributed by atoms with Gasteiger partial charge in [-0.15, -0.1) is 11.3 Å². The Morgan fingerprint density at radius 3 is 2.67 bits per heavy atom. The maximum Gasteiger partial charge on any atom is 0.107 e. The van der Waals surface area contributed by atoms with Gasteiger partial charge in [0.2, 0.25) is 0 Å². The van der Waals surface area contributed by atoms with Crippen molar-refractivity contribution in [3.63, 3.8) is 0 Å². The van der Waals surface area contributed by atoms with E-state index in [-0.39, 0.29) is 0 Å². The van der Waals surface area contributed by atoms with Gasteiger partial charge < -0.3 is 5.32 Å². The summed E-state index contributed by atoms with van der Waals surface area (Å²) in [5.74, 6) is 0.748. The zero-order valence-corrected chi connectivity index (χ0v) is 15.3. The first-order chi connectivity index (χ1) is 9.75. The molecule has 0 aromatic carbocycles. The zero-order chi connectivity index (χ0) is 15.6. The number of nitrogens with one attached hydrogen (secondary N) is 1. The molecule has 1 aromatic rings. The first-order valence-electron chi connectivity index (χ1n) is 8.14. The zero-order valence-electron chi connectivity index (χ0n) is 14.4. The summed E-state index contributed by atoms with van der Waals surface area (Å²) in [6.07, 6.45) is 1.25. The van der Waals surface area contributed by atoms with Crippen molar-refractivity contribution in [3.8, 4) is 0 Å². The molecule has 1 aromatic heterocycles. The van der Waals surface area contributed by atoms with Gasteiger partial charge in [-0.3, -0.25) is 4.90 Å². The van der Waals surface area contributed by atoms with Crippen molar-refractivity contribution in [1.82, 2.24) is 15.2 Å². The summed E-state index contributed by atoms with van der Waals surface area (Å²) in [5, 5.41) is 7.19. The van der Waals surface area contributed by atoms with E-state index in [1.165, 1.54) is 11.4 Å². The van der Waals surface area contributed by atoms with E-state index < -0.39 is 0 Å². The minimum absolute atomic E-state index is 0.294. The number of nitrogens with zero attached hydrogens (tertiary/aromatic N) is 2. The number of aryl methyl sites for hydroxylation is 1. The standard InChI is InChI=1S/C17H31N3S/c1-12(2)7-14-9-20(10-16-19-13(3)11-21-16)15(8-18-14)17(4,5)6/h11-12,14-15,18H,7-10H2,1-6H3. The molecule has 2 heterocycles. The molecule has 1 saturated heterocycles. The van der Waals surface area contributed by atoms with E-state index >= 15 is 0 Å². The molecule has 4 heteroatoms. The largest absolute Gasteiger partial charge is 0.311 e. The Morgan fingerprint density at radius 1 is 1.43 bits per heavy atom. The summed E-state index contributed by atoms with van der Waals surface area (Å²) in [6.45, 7) is 17.0. The Bertz CT molecular complexity index is 447. The van der Waals surface area contributed by atoms with Gasteiger partial charge in [0.25, 0.3) is 0 Å². The van der Waals surface area contributed by atoms with Crippen LogP contribution in [0, 0.1) is 18.3 Å². The lowest BCUT2D eigenvalue weighted by atomic mass is 9.83. The first-order valence-corrected chi connectivity index (χ1v) is 9.02. The molecule has 0 amide bonds. The molecule has 1 aliphatic rings. The number of hydrogen-bond donors (Lipinski definition) is 1. The van der Waals surface area contributed by atoms with Crippen LogP contribution in [0.5, 0.6) is 0 Å². The van der Waals surface area contributed by atoms with Crippen LogP contribution in [-0.2, 0) is 6.54 Å².